The molecule has 7 nitrogen and oxygen atoms in total. The van der Waals surface area contributed by atoms with Gasteiger partial charge in [-0.25, -0.2) is 15.3 Å². The fraction of sp³-hybridized carbons (Fsp3) is 0.688. The van der Waals surface area contributed by atoms with E-state index in [1.165, 1.54) is 12.8 Å². The van der Waals surface area contributed by atoms with E-state index in [4.69, 9.17) is 20.0 Å². The van der Waals surface area contributed by atoms with Crippen molar-refractivity contribution in [1.82, 2.24) is 29.1 Å². The van der Waals surface area contributed by atoms with Crippen molar-refractivity contribution in [3.05, 3.63) is 58.9 Å². The van der Waals surface area contributed by atoms with Gasteiger partial charge in [0.05, 0.1) is 17.1 Å². The zero-order chi connectivity index (χ0) is 31.6. The van der Waals surface area contributed by atoms with Crippen molar-refractivity contribution in [2.75, 3.05) is 13.2 Å². The SMILES string of the molecule is C1CCOC1.Cc1cc(C(C)(C)C)nn1[B-](n1nc(C(C)(C)C)cc1C)n1nc(C(C)(C)C)cc1C.[CH2-][Si](C)(C)C.[Yb+2]. The van der Waals surface area contributed by atoms with E-state index in [9.17, 15) is 0 Å². The van der Waals surface area contributed by atoms with Crippen molar-refractivity contribution in [3.8, 4) is 0 Å². The van der Waals surface area contributed by atoms with Gasteiger partial charge in [-0.3, -0.25) is 0 Å². The standard InChI is InChI=1S/C24H39BN6.C4H8O.C4H11Si.Yb/c1-16-13-19(22(4,5)6)26-29(16)25(30-17(2)14-20(27-30)23(7,8)9)31-18(3)15-21(28-31)24(10,11)12;1-2-4-5-3-1;1-5(2,3)4;/h13-15H,1-12H3;1-4H2;1H2,2-4H3;/q-1;;-1;+2. The van der Waals surface area contributed by atoms with Gasteiger partial charge in [-0.05, 0) is 68.9 Å². The molecule has 1 aliphatic rings. The summed E-state index contributed by atoms with van der Waals surface area (Å²) >= 11 is 0. The summed E-state index contributed by atoms with van der Waals surface area (Å²) in [6.45, 7) is 38.7. The molecule has 0 saturated carbocycles. The maximum absolute atomic E-state index is 5.05. The van der Waals surface area contributed by atoms with E-state index in [1.54, 1.807) is 0 Å². The summed E-state index contributed by atoms with van der Waals surface area (Å²) in [5, 5.41) is 15.2. The molecule has 4 heterocycles. The van der Waals surface area contributed by atoms with Crippen LogP contribution < -0.4 is 0 Å². The Morgan fingerprint density at radius 2 is 0.881 bits per heavy atom. The monoisotopic (exact) mass is 755 g/mol. The molecule has 243 valence electrons. The van der Waals surface area contributed by atoms with Crippen molar-refractivity contribution < 1.29 is 51.7 Å². The molecule has 0 amide bonds. The van der Waals surface area contributed by atoms with Crippen LogP contribution in [0.4, 0.5) is 0 Å². The minimum atomic E-state index is -0.861. The van der Waals surface area contributed by atoms with Gasteiger partial charge in [0, 0.05) is 29.5 Å². The first-order valence-electron chi connectivity index (χ1n) is 15.1. The van der Waals surface area contributed by atoms with Crippen LogP contribution >= 0.6 is 0 Å². The van der Waals surface area contributed by atoms with Gasteiger partial charge in [-0.2, -0.15) is 0 Å². The molecule has 0 aromatic carbocycles. The molecule has 0 atom stereocenters. The van der Waals surface area contributed by atoms with Crippen LogP contribution in [-0.4, -0.2) is 57.5 Å². The molecule has 10 heteroatoms. The Morgan fingerprint density at radius 3 is 1.02 bits per heavy atom. The van der Waals surface area contributed by atoms with Gasteiger partial charge in [0.2, 0.25) is 0 Å². The summed E-state index contributed by atoms with van der Waals surface area (Å²) in [5.74, 6) is 0. The second kappa shape index (κ2) is 15.1. The molecule has 1 saturated heterocycles. The van der Waals surface area contributed by atoms with E-state index >= 15 is 0 Å². The molecular weight excluding hydrogens is 696 g/mol. The van der Waals surface area contributed by atoms with Crippen LogP contribution in [0.2, 0.25) is 19.6 Å². The quantitative estimate of drug-likeness (QED) is 0.205. The Labute approximate surface area is 297 Å². The van der Waals surface area contributed by atoms with Gasteiger partial charge >= 0.3 is 46.9 Å². The third kappa shape index (κ3) is 11.7. The number of aromatic nitrogens is 6. The Morgan fingerprint density at radius 1 is 0.643 bits per heavy atom. The average Bonchev–Trinajstić information content (AvgIpc) is 3.56. The van der Waals surface area contributed by atoms with Crippen molar-refractivity contribution >= 4 is 15.2 Å². The molecule has 4 rings (SSSR count). The van der Waals surface area contributed by atoms with Crippen LogP contribution in [0.1, 0.15) is 109 Å². The molecule has 0 bridgehead atoms. The smallest absolute Gasteiger partial charge is 0.422 e. The average molecular weight is 755 g/mol. The van der Waals surface area contributed by atoms with Crippen molar-refractivity contribution in [2.45, 2.75) is 132 Å². The number of nitrogens with zero attached hydrogens (tertiary/aromatic N) is 6. The minimum absolute atomic E-state index is 0. The molecule has 0 unspecified atom stereocenters. The first kappa shape index (κ1) is 39.4. The molecule has 3 aromatic heterocycles. The first-order chi connectivity index (χ1) is 18.5. The predicted molar refractivity (Wildman–Crippen MR) is 178 cm³/mol. The first-order valence-corrected chi connectivity index (χ1v) is 18.8. The summed E-state index contributed by atoms with van der Waals surface area (Å²) in [5.41, 5.74) is 6.37. The number of aryl methyl sites for hydroxylation is 3. The zero-order valence-corrected chi connectivity index (χ0v) is 31.9. The molecule has 42 heavy (non-hydrogen) atoms. The van der Waals surface area contributed by atoms with E-state index in [2.05, 4.69) is 141 Å². The minimum Gasteiger partial charge on any atom is -0.422 e. The number of ether oxygens (including phenoxy) is 1. The normalized spacial score (nSPS) is 14.2. The molecule has 3 aromatic rings. The second-order valence-corrected chi connectivity index (χ2v) is 20.9. The van der Waals surface area contributed by atoms with Crippen molar-refractivity contribution in [3.63, 3.8) is 0 Å². The Balaban J connectivity index is 0.000000681. The number of hydrogen-bond acceptors (Lipinski definition) is 4. The van der Waals surface area contributed by atoms with E-state index < -0.39 is 8.07 Å². The zero-order valence-electron chi connectivity index (χ0n) is 29.2. The second-order valence-electron chi connectivity index (χ2n) is 15.8. The van der Waals surface area contributed by atoms with Gasteiger partial charge in [-0.15, -0.1) is 8.07 Å². The third-order valence-corrected chi connectivity index (χ3v) is 6.56. The molecule has 0 aliphatic carbocycles. The molecule has 1 fully saturated rings. The molecule has 1 radical (unpaired) electrons. The molecule has 1 aliphatic heterocycles. The van der Waals surface area contributed by atoms with E-state index in [1.807, 2.05) is 0 Å². The van der Waals surface area contributed by atoms with Crippen LogP contribution in [0.5, 0.6) is 0 Å². The number of rotatable bonds is 3. The predicted octanol–water partition coefficient (Wildman–Crippen LogP) is 7.52. The molecular formula is C32H58BN6OSiYb. The van der Waals surface area contributed by atoms with Gasteiger partial charge in [0.15, 0.2) is 0 Å². The fourth-order valence-corrected chi connectivity index (χ4v) is 4.09. The summed E-state index contributed by atoms with van der Waals surface area (Å²) in [6, 6.07) is 6.54. The maximum atomic E-state index is 5.05. The van der Waals surface area contributed by atoms with E-state index in [0.717, 1.165) is 47.4 Å². The van der Waals surface area contributed by atoms with Crippen molar-refractivity contribution in [2.24, 2.45) is 0 Å². The van der Waals surface area contributed by atoms with E-state index in [-0.39, 0.29) is 70.3 Å². The topological polar surface area (TPSA) is 62.7 Å². The Bertz CT molecular complexity index is 1110. The Kier molecular flexibility index (Phi) is 14.2. The Hall–Kier alpha value is -0.609. The van der Waals surface area contributed by atoms with Crippen LogP contribution in [-0.2, 0) is 21.0 Å². The van der Waals surface area contributed by atoms with Gasteiger partial charge in [0.1, 0.15) is 0 Å². The van der Waals surface area contributed by atoms with Crippen LogP contribution in [0.3, 0.4) is 0 Å². The van der Waals surface area contributed by atoms with Gasteiger partial charge < -0.3 is 25.1 Å². The summed E-state index contributed by atoms with van der Waals surface area (Å²) in [4.78, 5) is 0. The largest absolute Gasteiger partial charge is 2.00 e. The van der Waals surface area contributed by atoms with Gasteiger partial charge in [-0.1, -0.05) is 82.0 Å². The summed E-state index contributed by atoms with van der Waals surface area (Å²) < 4.78 is 11.2. The van der Waals surface area contributed by atoms with E-state index in [0.29, 0.717) is 0 Å². The summed E-state index contributed by atoms with van der Waals surface area (Å²) in [6.07, 6.45) is 2.56. The van der Waals surface area contributed by atoms with Crippen LogP contribution in [0, 0.1) is 74.2 Å². The van der Waals surface area contributed by atoms with Gasteiger partial charge in [0.25, 0.3) is 7.12 Å². The van der Waals surface area contributed by atoms with Crippen LogP contribution in [0.15, 0.2) is 18.2 Å². The third-order valence-electron chi connectivity index (χ3n) is 6.56. The summed E-state index contributed by atoms with van der Waals surface area (Å²) in [7, 11) is -1.16. The van der Waals surface area contributed by atoms with Crippen molar-refractivity contribution in [1.29, 1.82) is 0 Å². The fourth-order valence-electron chi connectivity index (χ4n) is 4.09. The van der Waals surface area contributed by atoms with Crippen LogP contribution in [0.25, 0.3) is 0 Å². The number of hydrogen-bond donors (Lipinski definition) is 0. The molecule has 0 N–H and O–H groups in total. The maximum Gasteiger partial charge on any atom is 2.00 e. The molecule has 0 spiro atoms.